The van der Waals surface area contributed by atoms with Crippen LogP contribution in [0.4, 0.5) is 0 Å². The molecule has 0 radical (unpaired) electrons. The number of rotatable bonds is 5. The smallest absolute Gasteiger partial charge is 0.308 e. The maximum atomic E-state index is 12.0. The first kappa shape index (κ1) is 16.3. The van der Waals surface area contributed by atoms with E-state index < -0.39 is 18.0 Å². The van der Waals surface area contributed by atoms with Crippen molar-refractivity contribution in [3.05, 3.63) is 29.3 Å². The van der Waals surface area contributed by atoms with Crippen LogP contribution in [0.15, 0.2) is 18.2 Å². The van der Waals surface area contributed by atoms with Crippen molar-refractivity contribution in [1.82, 2.24) is 5.32 Å². The van der Waals surface area contributed by atoms with Gasteiger partial charge in [0.05, 0.1) is 19.1 Å². The predicted molar refractivity (Wildman–Crippen MR) is 79.2 cm³/mol. The van der Waals surface area contributed by atoms with Crippen molar-refractivity contribution in [3.63, 3.8) is 0 Å². The highest BCUT2D eigenvalue weighted by Crippen LogP contribution is 2.34. The zero-order chi connectivity index (χ0) is 16.1. The van der Waals surface area contributed by atoms with E-state index in [-0.39, 0.29) is 24.8 Å². The summed E-state index contributed by atoms with van der Waals surface area (Å²) in [6.45, 7) is 1.87. The molecule has 1 aromatic rings. The van der Waals surface area contributed by atoms with Crippen LogP contribution in [0.5, 0.6) is 5.75 Å². The van der Waals surface area contributed by atoms with E-state index in [4.69, 9.17) is 4.74 Å². The minimum absolute atomic E-state index is 0.211. The minimum atomic E-state index is -1.43. The summed E-state index contributed by atoms with van der Waals surface area (Å²) >= 11 is 0. The summed E-state index contributed by atoms with van der Waals surface area (Å²) in [6, 6.07) is 4.95. The maximum Gasteiger partial charge on any atom is 0.308 e. The van der Waals surface area contributed by atoms with Gasteiger partial charge in [-0.3, -0.25) is 9.59 Å². The van der Waals surface area contributed by atoms with E-state index in [0.29, 0.717) is 0 Å². The molecule has 0 spiro atoms. The number of carbonyl (C=O) groups is 2. The number of fused-ring (bicyclic) bond motifs is 1. The van der Waals surface area contributed by atoms with E-state index in [1.807, 2.05) is 6.07 Å². The number of phenols is 1. The second-order valence-electron chi connectivity index (χ2n) is 5.32. The van der Waals surface area contributed by atoms with Crippen molar-refractivity contribution in [2.45, 2.75) is 44.8 Å². The van der Waals surface area contributed by atoms with Gasteiger partial charge in [-0.15, -0.1) is 0 Å². The van der Waals surface area contributed by atoms with E-state index >= 15 is 0 Å². The Morgan fingerprint density at radius 3 is 2.95 bits per heavy atom. The fraction of sp³-hybridized carbons (Fsp3) is 0.500. The molecule has 3 N–H and O–H groups in total. The third-order valence-electron chi connectivity index (χ3n) is 3.77. The van der Waals surface area contributed by atoms with E-state index in [0.717, 1.165) is 30.4 Å². The van der Waals surface area contributed by atoms with Crippen LogP contribution >= 0.6 is 0 Å². The molecule has 0 aromatic heterocycles. The number of hydrogen-bond acceptors (Lipinski definition) is 5. The van der Waals surface area contributed by atoms with Crippen LogP contribution in [-0.4, -0.2) is 34.8 Å². The molecule has 0 aliphatic heterocycles. The Labute approximate surface area is 129 Å². The van der Waals surface area contributed by atoms with E-state index in [9.17, 15) is 19.8 Å². The fourth-order valence-corrected chi connectivity index (χ4v) is 2.72. The van der Waals surface area contributed by atoms with E-state index in [2.05, 4.69) is 5.32 Å². The highest BCUT2D eigenvalue weighted by molar-refractivity contribution is 5.85. The third-order valence-corrected chi connectivity index (χ3v) is 3.77. The van der Waals surface area contributed by atoms with Gasteiger partial charge in [-0.25, -0.2) is 0 Å². The molecule has 120 valence electrons. The van der Waals surface area contributed by atoms with Gasteiger partial charge in [-0.1, -0.05) is 12.1 Å². The molecule has 22 heavy (non-hydrogen) atoms. The summed E-state index contributed by atoms with van der Waals surface area (Å²) in [7, 11) is 0. The van der Waals surface area contributed by atoms with Crippen molar-refractivity contribution < 1.29 is 24.5 Å². The number of hydrogen-bond donors (Lipinski definition) is 3. The van der Waals surface area contributed by atoms with Crippen molar-refractivity contribution in [1.29, 1.82) is 0 Å². The highest BCUT2D eigenvalue weighted by Gasteiger charge is 2.27. The zero-order valence-electron chi connectivity index (χ0n) is 12.5. The molecule has 0 bridgehead atoms. The van der Waals surface area contributed by atoms with Gasteiger partial charge in [0.2, 0.25) is 5.91 Å². The van der Waals surface area contributed by atoms with Gasteiger partial charge in [0.1, 0.15) is 11.9 Å². The van der Waals surface area contributed by atoms with Crippen LogP contribution in [0.25, 0.3) is 0 Å². The Morgan fingerprint density at radius 1 is 1.45 bits per heavy atom. The number of ether oxygens (including phenoxy) is 1. The van der Waals surface area contributed by atoms with Crippen LogP contribution in [0, 0.1) is 0 Å². The molecule has 2 rings (SSSR count). The minimum Gasteiger partial charge on any atom is -0.508 e. The number of benzene rings is 1. The molecule has 1 aromatic carbocycles. The first-order valence-electron chi connectivity index (χ1n) is 7.47. The SMILES string of the molecule is CCOC(=O)C[C@@H](O)C(=O)N[C@H]1CCCc2c(O)cccc21. The zero-order valence-corrected chi connectivity index (χ0v) is 12.5. The number of phenolic OH excluding ortho intramolecular Hbond substituents is 1. The quantitative estimate of drug-likeness (QED) is 0.710. The summed E-state index contributed by atoms with van der Waals surface area (Å²) in [5.74, 6) is -0.982. The van der Waals surface area contributed by atoms with Gasteiger partial charge in [0.25, 0.3) is 0 Å². The number of carbonyl (C=O) groups excluding carboxylic acids is 2. The molecule has 6 nitrogen and oxygen atoms in total. The molecule has 1 aliphatic rings. The summed E-state index contributed by atoms with van der Waals surface area (Å²) in [5, 5.41) is 22.4. The first-order chi connectivity index (χ1) is 10.5. The molecule has 0 fully saturated rings. The van der Waals surface area contributed by atoms with Crippen LogP contribution in [0.2, 0.25) is 0 Å². The summed E-state index contributed by atoms with van der Waals surface area (Å²) in [6.07, 6.45) is 0.540. The van der Waals surface area contributed by atoms with Gasteiger partial charge in [-0.2, -0.15) is 0 Å². The summed E-state index contributed by atoms with van der Waals surface area (Å²) < 4.78 is 4.71. The molecular weight excluding hydrogens is 286 g/mol. The van der Waals surface area contributed by atoms with Gasteiger partial charge < -0.3 is 20.3 Å². The van der Waals surface area contributed by atoms with Gasteiger partial charge in [0.15, 0.2) is 0 Å². The number of aliphatic hydroxyl groups is 1. The number of esters is 1. The number of amides is 1. The maximum absolute atomic E-state index is 12.0. The highest BCUT2D eigenvalue weighted by atomic mass is 16.5. The molecule has 0 heterocycles. The molecule has 2 atom stereocenters. The first-order valence-corrected chi connectivity index (χ1v) is 7.47. The van der Waals surface area contributed by atoms with E-state index in [1.165, 1.54) is 0 Å². The predicted octanol–water partition coefficient (Wildman–Crippen LogP) is 1.20. The number of aromatic hydroxyl groups is 1. The summed E-state index contributed by atoms with van der Waals surface area (Å²) in [4.78, 5) is 23.3. The van der Waals surface area contributed by atoms with Crippen LogP contribution in [-0.2, 0) is 20.7 Å². The Morgan fingerprint density at radius 2 is 2.23 bits per heavy atom. The monoisotopic (exact) mass is 307 g/mol. The Hall–Kier alpha value is -2.08. The fourth-order valence-electron chi connectivity index (χ4n) is 2.72. The molecule has 0 saturated heterocycles. The van der Waals surface area contributed by atoms with Crippen LogP contribution < -0.4 is 5.32 Å². The second-order valence-corrected chi connectivity index (χ2v) is 5.32. The molecule has 0 unspecified atom stereocenters. The van der Waals surface area contributed by atoms with Crippen molar-refractivity contribution >= 4 is 11.9 Å². The largest absolute Gasteiger partial charge is 0.508 e. The second kappa shape index (κ2) is 7.26. The van der Waals surface area contributed by atoms with Gasteiger partial charge >= 0.3 is 5.97 Å². The van der Waals surface area contributed by atoms with Crippen molar-refractivity contribution in [3.8, 4) is 5.75 Å². The Kier molecular flexibility index (Phi) is 5.38. The molecule has 0 saturated carbocycles. The lowest BCUT2D eigenvalue weighted by Gasteiger charge is -2.27. The molecule has 6 heteroatoms. The number of nitrogens with one attached hydrogen (secondary N) is 1. The van der Waals surface area contributed by atoms with Crippen molar-refractivity contribution in [2.75, 3.05) is 6.61 Å². The van der Waals surface area contributed by atoms with Crippen molar-refractivity contribution in [2.24, 2.45) is 0 Å². The topological polar surface area (TPSA) is 95.9 Å². The molecule has 1 amide bonds. The average molecular weight is 307 g/mol. The lowest BCUT2D eigenvalue weighted by molar-refractivity contribution is -0.148. The van der Waals surface area contributed by atoms with Crippen LogP contribution in [0.1, 0.15) is 43.4 Å². The molecule has 1 aliphatic carbocycles. The van der Waals surface area contributed by atoms with Gasteiger partial charge in [0, 0.05) is 0 Å². The van der Waals surface area contributed by atoms with Crippen LogP contribution in [0.3, 0.4) is 0 Å². The van der Waals surface area contributed by atoms with E-state index in [1.54, 1.807) is 19.1 Å². The molecular formula is C16H21NO5. The average Bonchev–Trinajstić information content (AvgIpc) is 2.48. The lowest BCUT2D eigenvalue weighted by Crippen LogP contribution is -2.39. The number of aliphatic hydroxyl groups excluding tert-OH is 1. The van der Waals surface area contributed by atoms with Gasteiger partial charge in [-0.05, 0) is 43.4 Å². The third kappa shape index (κ3) is 3.76. The Bertz CT molecular complexity index is 557. The Balaban J connectivity index is 2.01. The normalized spacial score (nSPS) is 18.2. The lowest BCUT2D eigenvalue weighted by atomic mass is 9.87. The standard InChI is InChI=1S/C16H21NO5/c1-2-22-15(20)9-14(19)16(21)17-12-7-3-6-11-10(12)5-4-8-13(11)18/h4-5,8,12,14,18-19H,2-3,6-7,9H2,1H3,(H,17,21)/t12-,14+/m0/s1. The summed E-state index contributed by atoms with van der Waals surface area (Å²) in [5.41, 5.74) is 1.70.